The van der Waals surface area contributed by atoms with Crippen LogP contribution in [-0.2, 0) is 21.4 Å². The standard InChI is InChI=1S/C17H16N4O6S/c1-27-13-7-6-10(8-14(13)28(18,25)26)19-15(22)9-21-17(24)12-5-3-2-4-11(12)16(23)20-21/h2-8H,9H2,1H3,(H,19,22)(H,20,23)(H2,18,25,26). The monoisotopic (exact) mass is 404 g/mol. The number of hydrogen-bond donors (Lipinski definition) is 3. The zero-order valence-electron chi connectivity index (χ0n) is 14.6. The normalized spacial score (nSPS) is 11.4. The minimum Gasteiger partial charge on any atom is -0.495 e. The number of ether oxygens (including phenoxy) is 1. The number of methoxy groups -OCH3 is 1. The van der Waals surface area contributed by atoms with E-state index in [1.165, 1.54) is 31.4 Å². The largest absolute Gasteiger partial charge is 0.495 e. The lowest BCUT2D eigenvalue weighted by atomic mass is 10.2. The summed E-state index contributed by atoms with van der Waals surface area (Å²) in [7, 11) is -2.80. The van der Waals surface area contributed by atoms with Crippen LogP contribution in [0, 0.1) is 0 Å². The van der Waals surface area contributed by atoms with Crippen LogP contribution in [0.5, 0.6) is 5.75 Å². The van der Waals surface area contributed by atoms with E-state index in [2.05, 4.69) is 10.4 Å². The summed E-state index contributed by atoms with van der Waals surface area (Å²) in [6.07, 6.45) is 0. The lowest BCUT2D eigenvalue weighted by molar-refractivity contribution is -0.117. The maximum atomic E-state index is 12.4. The molecule has 1 amide bonds. The van der Waals surface area contributed by atoms with Crippen LogP contribution in [0.25, 0.3) is 10.8 Å². The van der Waals surface area contributed by atoms with E-state index >= 15 is 0 Å². The molecule has 0 aliphatic rings. The van der Waals surface area contributed by atoms with Crippen molar-refractivity contribution >= 4 is 32.4 Å². The van der Waals surface area contributed by atoms with Crippen molar-refractivity contribution in [2.75, 3.05) is 12.4 Å². The average Bonchev–Trinajstić information content (AvgIpc) is 2.65. The molecule has 146 valence electrons. The summed E-state index contributed by atoms with van der Waals surface area (Å²) in [6, 6.07) is 10.1. The molecule has 2 aromatic carbocycles. The van der Waals surface area contributed by atoms with Crippen molar-refractivity contribution in [3.63, 3.8) is 0 Å². The highest BCUT2D eigenvalue weighted by Crippen LogP contribution is 2.26. The molecule has 10 nitrogen and oxygen atoms in total. The van der Waals surface area contributed by atoms with Gasteiger partial charge in [-0.3, -0.25) is 19.5 Å². The molecule has 0 atom stereocenters. The Morgan fingerprint density at radius 2 is 1.86 bits per heavy atom. The van der Waals surface area contributed by atoms with Crippen LogP contribution in [0.15, 0.2) is 56.9 Å². The van der Waals surface area contributed by atoms with E-state index in [1.807, 2.05) is 0 Å². The number of carbonyl (C=O) groups excluding carboxylic acids is 1. The van der Waals surface area contributed by atoms with Gasteiger partial charge in [0, 0.05) is 5.69 Å². The first-order valence-electron chi connectivity index (χ1n) is 7.93. The summed E-state index contributed by atoms with van der Waals surface area (Å²) in [6.45, 7) is -0.477. The van der Waals surface area contributed by atoms with Crippen molar-refractivity contribution in [2.24, 2.45) is 5.14 Å². The lowest BCUT2D eigenvalue weighted by Crippen LogP contribution is -2.34. The second-order valence-corrected chi connectivity index (χ2v) is 7.37. The number of nitrogens with one attached hydrogen (secondary N) is 2. The van der Waals surface area contributed by atoms with Crippen molar-refractivity contribution in [1.82, 2.24) is 9.78 Å². The number of primary sulfonamides is 1. The summed E-state index contributed by atoms with van der Waals surface area (Å²) >= 11 is 0. The van der Waals surface area contributed by atoms with Crippen LogP contribution in [0.4, 0.5) is 5.69 Å². The van der Waals surface area contributed by atoms with Gasteiger partial charge in [-0.15, -0.1) is 0 Å². The number of H-pyrrole nitrogens is 1. The molecule has 1 aromatic heterocycles. The fraction of sp³-hybridized carbons (Fsp3) is 0.118. The number of sulfonamides is 1. The molecule has 1 heterocycles. The van der Waals surface area contributed by atoms with Crippen LogP contribution in [0.3, 0.4) is 0 Å². The molecular formula is C17H16N4O6S. The number of fused-ring (bicyclic) bond motifs is 1. The Kier molecular flexibility index (Phi) is 5.03. The number of nitrogens with two attached hydrogens (primary N) is 1. The van der Waals surface area contributed by atoms with Gasteiger partial charge in [0.1, 0.15) is 17.2 Å². The van der Waals surface area contributed by atoms with E-state index in [4.69, 9.17) is 9.88 Å². The van der Waals surface area contributed by atoms with Crippen molar-refractivity contribution in [2.45, 2.75) is 11.4 Å². The summed E-state index contributed by atoms with van der Waals surface area (Å²) in [5, 5.41) is 10.3. The SMILES string of the molecule is COc1ccc(NC(=O)Cn2[nH]c(=O)c3ccccc3c2=O)cc1S(N)(=O)=O. The van der Waals surface area contributed by atoms with Gasteiger partial charge < -0.3 is 10.1 Å². The van der Waals surface area contributed by atoms with E-state index in [0.29, 0.717) is 0 Å². The minimum atomic E-state index is -4.08. The van der Waals surface area contributed by atoms with Gasteiger partial charge in [-0.05, 0) is 30.3 Å². The van der Waals surface area contributed by atoms with Crippen LogP contribution in [0.1, 0.15) is 0 Å². The fourth-order valence-electron chi connectivity index (χ4n) is 2.68. The van der Waals surface area contributed by atoms with Gasteiger partial charge in [-0.1, -0.05) is 12.1 Å². The second-order valence-electron chi connectivity index (χ2n) is 5.84. The van der Waals surface area contributed by atoms with Crippen LogP contribution in [0.2, 0.25) is 0 Å². The van der Waals surface area contributed by atoms with Crippen LogP contribution in [-0.4, -0.2) is 31.2 Å². The Balaban J connectivity index is 1.90. The molecule has 0 bridgehead atoms. The first kappa shape index (κ1) is 19.3. The molecule has 0 aliphatic carbocycles. The van der Waals surface area contributed by atoms with Crippen molar-refractivity contribution in [3.05, 3.63) is 63.2 Å². The van der Waals surface area contributed by atoms with Crippen molar-refractivity contribution < 1.29 is 17.9 Å². The topological polar surface area (TPSA) is 153 Å². The number of hydrogen-bond acceptors (Lipinski definition) is 6. The van der Waals surface area contributed by atoms with E-state index in [1.54, 1.807) is 12.1 Å². The first-order valence-corrected chi connectivity index (χ1v) is 9.48. The zero-order valence-corrected chi connectivity index (χ0v) is 15.4. The highest BCUT2D eigenvalue weighted by Gasteiger charge is 2.17. The lowest BCUT2D eigenvalue weighted by Gasteiger charge is -2.11. The number of rotatable bonds is 5. The summed E-state index contributed by atoms with van der Waals surface area (Å²) in [5.74, 6) is -0.630. The second kappa shape index (κ2) is 7.29. The Morgan fingerprint density at radius 1 is 1.18 bits per heavy atom. The first-order chi connectivity index (χ1) is 13.2. The summed E-state index contributed by atoms with van der Waals surface area (Å²) < 4.78 is 29.1. The third-order valence-corrected chi connectivity index (χ3v) is 4.87. The Hall–Kier alpha value is -3.44. The molecule has 0 aliphatic heterocycles. The quantitative estimate of drug-likeness (QED) is 0.543. The number of aromatic nitrogens is 2. The maximum Gasteiger partial charge on any atom is 0.273 e. The molecule has 3 aromatic rings. The van der Waals surface area contributed by atoms with Crippen molar-refractivity contribution in [3.8, 4) is 5.75 Å². The Labute approximate surface area is 158 Å². The van der Waals surface area contributed by atoms with Crippen LogP contribution < -0.4 is 26.3 Å². The molecule has 28 heavy (non-hydrogen) atoms. The maximum absolute atomic E-state index is 12.4. The zero-order chi connectivity index (χ0) is 20.5. The van der Waals surface area contributed by atoms with Gasteiger partial charge in [0.2, 0.25) is 15.9 Å². The number of amides is 1. The molecule has 0 saturated heterocycles. The van der Waals surface area contributed by atoms with Gasteiger partial charge in [0.15, 0.2) is 0 Å². The van der Waals surface area contributed by atoms with E-state index in [-0.39, 0.29) is 27.1 Å². The molecule has 11 heteroatoms. The van der Waals surface area contributed by atoms with Gasteiger partial charge in [0.25, 0.3) is 11.1 Å². The van der Waals surface area contributed by atoms with E-state index < -0.39 is 33.6 Å². The summed E-state index contributed by atoms with van der Waals surface area (Å²) in [4.78, 5) is 36.5. The third-order valence-electron chi connectivity index (χ3n) is 3.94. The Bertz CT molecular complexity index is 1290. The third kappa shape index (κ3) is 3.80. The minimum absolute atomic E-state index is 0.0237. The number of nitrogens with zero attached hydrogens (tertiary/aromatic N) is 1. The number of aromatic amines is 1. The number of carbonyl (C=O) groups is 1. The van der Waals surface area contributed by atoms with Crippen molar-refractivity contribution in [1.29, 1.82) is 0 Å². The van der Waals surface area contributed by atoms with E-state index in [0.717, 1.165) is 10.7 Å². The van der Waals surface area contributed by atoms with Crippen LogP contribution >= 0.6 is 0 Å². The average molecular weight is 404 g/mol. The number of anilines is 1. The Morgan fingerprint density at radius 3 is 2.50 bits per heavy atom. The highest BCUT2D eigenvalue weighted by molar-refractivity contribution is 7.89. The van der Waals surface area contributed by atoms with Gasteiger partial charge in [0.05, 0.1) is 17.9 Å². The summed E-state index contributed by atoms with van der Waals surface area (Å²) in [5.41, 5.74) is -0.916. The molecule has 0 radical (unpaired) electrons. The predicted octanol–water partition coefficient (Wildman–Crippen LogP) is -0.0155. The smallest absolute Gasteiger partial charge is 0.273 e. The molecule has 0 spiro atoms. The predicted molar refractivity (Wildman–Crippen MR) is 102 cm³/mol. The fourth-order valence-corrected chi connectivity index (χ4v) is 3.40. The molecule has 3 rings (SSSR count). The highest BCUT2D eigenvalue weighted by atomic mass is 32.2. The van der Waals surface area contributed by atoms with E-state index in [9.17, 15) is 22.8 Å². The molecular weight excluding hydrogens is 388 g/mol. The van der Waals surface area contributed by atoms with Gasteiger partial charge in [-0.2, -0.15) is 0 Å². The number of benzene rings is 2. The molecule has 0 fully saturated rings. The molecule has 0 unspecified atom stereocenters. The van der Waals surface area contributed by atoms with Gasteiger partial charge in [-0.25, -0.2) is 18.2 Å². The van der Waals surface area contributed by atoms with Gasteiger partial charge >= 0.3 is 0 Å². The molecule has 4 N–H and O–H groups in total. The molecule has 0 saturated carbocycles.